The average molecular weight is 502 g/mol. The summed E-state index contributed by atoms with van der Waals surface area (Å²) in [5, 5.41) is 10.2. The first-order chi connectivity index (χ1) is 15.0. The first kappa shape index (κ1) is 27.0. The number of anilines is 1. The number of carbonyl (C=O) groups is 2. The van der Waals surface area contributed by atoms with Gasteiger partial charge in [0.2, 0.25) is 12.2 Å². The van der Waals surface area contributed by atoms with Gasteiger partial charge in [0, 0.05) is 45.9 Å². The molecule has 31 heavy (non-hydrogen) atoms. The lowest BCUT2D eigenvalue weighted by atomic mass is 9.99. The molecule has 2 aromatic rings. The number of nitrogens with zero attached hydrogens (tertiary/aromatic N) is 2. The Balaban J connectivity index is 0.000000720. The van der Waals surface area contributed by atoms with Gasteiger partial charge >= 0.3 is 0 Å². The van der Waals surface area contributed by atoms with Crippen LogP contribution in [0, 0.1) is 0 Å². The van der Waals surface area contributed by atoms with E-state index in [0.717, 1.165) is 33.0 Å². The van der Waals surface area contributed by atoms with Crippen molar-refractivity contribution in [2.24, 2.45) is 0 Å². The molecule has 0 radical (unpaired) electrons. The van der Waals surface area contributed by atoms with Crippen LogP contribution < -0.4 is 10.2 Å². The Morgan fingerprint density at radius 2 is 2.13 bits per heavy atom. The van der Waals surface area contributed by atoms with Crippen molar-refractivity contribution in [1.82, 2.24) is 10.3 Å². The quantitative estimate of drug-likeness (QED) is 0.461. The molecule has 1 fully saturated rings. The standard InChI is InChI=1S/C17H20BrN3O4.C3H8O.CH4O/c1-3-11-6-10(4-5-24-11)21(9-22)15-12-7-14(18)20-8-13(12)25-16(15)17(23)19-2;1-3-4-2;1-2/h7-11H,3-6H2,1-2H3,(H,19,23);3H2,1-2H3;2H,1H3. The summed E-state index contributed by atoms with van der Waals surface area (Å²) in [7, 11) is 4.21. The predicted molar refractivity (Wildman–Crippen MR) is 122 cm³/mol. The van der Waals surface area contributed by atoms with Gasteiger partial charge < -0.3 is 29.2 Å². The molecule has 0 spiro atoms. The molecule has 2 amide bonds. The highest BCUT2D eigenvalue weighted by Gasteiger charge is 2.32. The zero-order chi connectivity index (χ0) is 23.4. The number of aromatic nitrogens is 1. The maximum Gasteiger partial charge on any atom is 0.289 e. The molecule has 1 saturated heterocycles. The SMILES string of the molecule is CCC1CC(N(C=O)c2c(C(=O)NC)oc3cnc(Br)cc23)CCO1.CCOC.CO. The summed E-state index contributed by atoms with van der Waals surface area (Å²) >= 11 is 3.34. The Morgan fingerprint density at radius 3 is 2.68 bits per heavy atom. The van der Waals surface area contributed by atoms with E-state index in [1.54, 1.807) is 18.1 Å². The zero-order valence-electron chi connectivity index (χ0n) is 18.7. The molecule has 2 unspecified atom stereocenters. The lowest BCUT2D eigenvalue weighted by molar-refractivity contribution is -0.108. The van der Waals surface area contributed by atoms with E-state index in [9.17, 15) is 9.59 Å². The van der Waals surface area contributed by atoms with Crippen LogP contribution in [0.3, 0.4) is 0 Å². The molecular formula is C21H32BrN3O6. The minimum Gasteiger partial charge on any atom is -0.447 e. The molecular weight excluding hydrogens is 470 g/mol. The van der Waals surface area contributed by atoms with Crippen LogP contribution in [0.15, 0.2) is 21.3 Å². The summed E-state index contributed by atoms with van der Waals surface area (Å²) in [6.45, 7) is 5.42. The molecule has 3 heterocycles. The molecule has 3 rings (SSSR count). The van der Waals surface area contributed by atoms with Gasteiger partial charge in [-0.2, -0.15) is 0 Å². The summed E-state index contributed by atoms with van der Waals surface area (Å²) in [4.78, 5) is 30.0. The first-order valence-corrected chi connectivity index (χ1v) is 10.9. The van der Waals surface area contributed by atoms with Crippen LogP contribution in [0.25, 0.3) is 11.0 Å². The minimum atomic E-state index is -0.381. The number of ether oxygens (including phenoxy) is 2. The fourth-order valence-corrected chi connectivity index (χ4v) is 3.54. The number of nitrogens with one attached hydrogen (secondary N) is 1. The Labute approximate surface area is 191 Å². The van der Waals surface area contributed by atoms with E-state index in [2.05, 4.69) is 37.9 Å². The van der Waals surface area contributed by atoms with Crippen molar-refractivity contribution < 1.29 is 28.6 Å². The number of aliphatic hydroxyl groups is 1. The second-order valence-electron chi connectivity index (χ2n) is 6.53. The molecule has 10 heteroatoms. The van der Waals surface area contributed by atoms with E-state index in [4.69, 9.17) is 14.3 Å². The highest BCUT2D eigenvalue weighted by atomic mass is 79.9. The van der Waals surface area contributed by atoms with E-state index < -0.39 is 0 Å². The van der Waals surface area contributed by atoms with Crippen LogP contribution in [0.5, 0.6) is 0 Å². The number of rotatable bonds is 6. The number of halogens is 1. The maximum atomic E-state index is 12.3. The molecule has 1 aliphatic heterocycles. The first-order valence-electron chi connectivity index (χ1n) is 10.1. The Bertz CT molecular complexity index is 827. The molecule has 2 N–H and O–H groups in total. The molecule has 174 valence electrons. The van der Waals surface area contributed by atoms with Crippen molar-refractivity contribution >= 4 is 44.9 Å². The number of hydrogen-bond donors (Lipinski definition) is 2. The summed E-state index contributed by atoms with van der Waals surface area (Å²) in [5.74, 6) is -0.266. The van der Waals surface area contributed by atoms with Crippen LogP contribution >= 0.6 is 15.9 Å². The number of amides is 2. The lowest BCUT2D eigenvalue weighted by Gasteiger charge is -2.35. The third kappa shape index (κ3) is 6.99. The Morgan fingerprint density at radius 1 is 1.45 bits per heavy atom. The van der Waals surface area contributed by atoms with Crippen molar-refractivity contribution in [2.45, 2.75) is 45.3 Å². The molecule has 0 aliphatic carbocycles. The topological polar surface area (TPSA) is 114 Å². The number of furan rings is 1. The molecule has 0 bridgehead atoms. The predicted octanol–water partition coefficient (Wildman–Crippen LogP) is 3.13. The zero-order valence-corrected chi connectivity index (χ0v) is 20.3. The van der Waals surface area contributed by atoms with Gasteiger partial charge in [-0.25, -0.2) is 4.98 Å². The van der Waals surface area contributed by atoms with E-state index in [0.29, 0.717) is 34.3 Å². The van der Waals surface area contributed by atoms with Crippen LogP contribution in [-0.2, 0) is 14.3 Å². The Hall–Kier alpha value is -2.01. The third-order valence-electron chi connectivity index (χ3n) is 4.80. The second-order valence-corrected chi connectivity index (χ2v) is 7.34. The minimum absolute atomic E-state index is 0.0488. The van der Waals surface area contributed by atoms with Crippen LogP contribution in [0.4, 0.5) is 5.69 Å². The molecule has 0 saturated carbocycles. The van der Waals surface area contributed by atoms with E-state index in [1.165, 1.54) is 13.2 Å². The van der Waals surface area contributed by atoms with Gasteiger partial charge in [-0.05, 0) is 48.2 Å². The second kappa shape index (κ2) is 14.1. The number of carbonyl (C=O) groups excluding carboxylic acids is 2. The third-order valence-corrected chi connectivity index (χ3v) is 5.23. The van der Waals surface area contributed by atoms with Gasteiger partial charge in [0.15, 0.2) is 5.58 Å². The number of pyridine rings is 1. The molecule has 2 atom stereocenters. The van der Waals surface area contributed by atoms with Gasteiger partial charge in [0.25, 0.3) is 5.91 Å². The van der Waals surface area contributed by atoms with E-state index in [1.807, 2.05) is 6.92 Å². The van der Waals surface area contributed by atoms with Crippen LogP contribution in [-0.4, -0.2) is 69.0 Å². The summed E-state index contributed by atoms with van der Waals surface area (Å²) < 4.78 is 16.6. The molecule has 9 nitrogen and oxygen atoms in total. The summed E-state index contributed by atoms with van der Waals surface area (Å²) in [6.07, 6.45) is 4.73. The summed E-state index contributed by atoms with van der Waals surface area (Å²) in [6, 6.07) is 1.71. The van der Waals surface area contributed by atoms with E-state index >= 15 is 0 Å². The summed E-state index contributed by atoms with van der Waals surface area (Å²) in [5.41, 5.74) is 0.942. The Kier molecular flexibility index (Phi) is 12.3. The van der Waals surface area contributed by atoms with Crippen molar-refractivity contribution in [1.29, 1.82) is 0 Å². The highest BCUT2D eigenvalue weighted by molar-refractivity contribution is 9.10. The molecule has 1 aliphatic rings. The lowest BCUT2D eigenvalue weighted by Crippen LogP contribution is -2.42. The van der Waals surface area contributed by atoms with Gasteiger partial charge in [0.1, 0.15) is 10.3 Å². The van der Waals surface area contributed by atoms with Crippen molar-refractivity contribution in [2.75, 3.05) is 39.4 Å². The van der Waals surface area contributed by atoms with E-state index in [-0.39, 0.29) is 23.8 Å². The number of fused-ring (bicyclic) bond motifs is 1. The van der Waals surface area contributed by atoms with Crippen molar-refractivity contribution in [3.8, 4) is 0 Å². The number of aliphatic hydroxyl groups excluding tert-OH is 1. The van der Waals surface area contributed by atoms with Gasteiger partial charge in [-0.15, -0.1) is 0 Å². The molecule has 0 aromatic carbocycles. The van der Waals surface area contributed by atoms with Gasteiger partial charge in [0.05, 0.1) is 12.3 Å². The smallest absolute Gasteiger partial charge is 0.289 e. The molecule has 2 aromatic heterocycles. The van der Waals surface area contributed by atoms with Gasteiger partial charge in [-0.3, -0.25) is 9.59 Å². The number of methoxy groups -OCH3 is 1. The van der Waals surface area contributed by atoms with Crippen molar-refractivity contribution in [3.63, 3.8) is 0 Å². The van der Waals surface area contributed by atoms with Crippen LogP contribution in [0.2, 0.25) is 0 Å². The average Bonchev–Trinajstić information content (AvgIpc) is 3.19. The maximum absolute atomic E-state index is 12.3. The normalized spacial score (nSPS) is 17.6. The highest BCUT2D eigenvalue weighted by Crippen LogP contribution is 2.37. The fraction of sp³-hybridized carbons (Fsp3) is 0.571. The number of hydrogen-bond acceptors (Lipinski definition) is 7. The van der Waals surface area contributed by atoms with Gasteiger partial charge in [-0.1, -0.05) is 6.92 Å². The van der Waals surface area contributed by atoms with Crippen LogP contribution in [0.1, 0.15) is 43.7 Å². The fourth-order valence-electron chi connectivity index (χ4n) is 3.21. The largest absolute Gasteiger partial charge is 0.447 e. The monoisotopic (exact) mass is 501 g/mol. The van der Waals surface area contributed by atoms with Crippen molar-refractivity contribution in [3.05, 3.63) is 22.6 Å².